The fourth-order valence-corrected chi connectivity index (χ4v) is 2.16. The molecule has 2 amide bonds. The molecule has 15 heavy (non-hydrogen) atoms. The van der Waals surface area contributed by atoms with E-state index >= 15 is 0 Å². The van der Waals surface area contributed by atoms with Gasteiger partial charge in [-0.2, -0.15) is 0 Å². The van der Waals surface area contributed by atoms with Crippen molar-refractivity contribution in [3.05, 3.63) is 23.8 Å². The van der Waals surface area contributed by atoms with Crippen LogP contribution in [0.4, 0.5) is 0 Å². The molecule has 3 nitrogen and oxygen atoms in total. The summed E-state index contributed by atoms with van der Waals surface area (Å²) in [6.07, 6.45) is 11.1. The van der Waals surface area contributed by atoms with Gasteiger partial charge in [0.25, 0.3) is 11.8 Å². The van der Waals surface area contributed by atoms with E-state index < -0.39 is 0 Å². The lowest BCUT2D eigenvalue weighted by molar-refractivity contribution is -0.124. The zero-order valence-electron chi connectivity index (χ0n) is 8.66. The minimum absolute atomic E-state index is 0.195. The molecule has 0 aromatic heterocycles. The lowest BCUT2D eigenvalue weighted by Crippen LogP contribution is -2.24. The van der Waals surface area contributed by atoms with Crippen LogP contribution in [0, 0.1) is 5.92 Å². The minimum Gasteiger partial charge on any atom is -0.289 e. The number of carbonyl (C=O) groups is 2. The molecular formula is C12H15NO2. The zero-order chi connectivity index (χ0) is 10.7. The van der Waals surface area contributed by atoms with Crippen LogP contribution in [-0.2, 0) is 9.59 Å². The highest BCUT2D eigenvalue weighted by atomic mass is 16.2. The molecule has 0 aromatic rings. The van der Waals surface area contributed by atoms with Crippen molar-refractivity contribution >= 4 is 11.8 Å². The molecule has 1 atom stereocenters. The molecule has 1 N–H and O–H groups in total. The van der Waals surface area contributed by atoms with E-state index in [1.807, 2.05) is 0 Å². The van der Waals surface area contributed by atoms with Gasteiger partial charge in [0.2, 0.25) is 0 Å². The number of hydrogen-bond acceptors (Lipinski definition) is 2. The van der Waals surface area contributed by atoms with Crippen LogP contribution in [0.2, 0.25) is 0 Å². The second-order valence-corrected chi connectivity index (χ2v) is 4.11. The van der Waals surface area contributed by atoms with Crippen molar-refractivity contribution in [1.82, 2.24) is 5.32 Å². The van der Waals surface area contributed by atoms with Gasteiger partial charge in [-0.1, -0.05) is 18.6 Å². The molecule has 2 aliphatic rings. The average Bonchev–Trinajstić information content (AvgIpc) is 2.45. The molecule has 3 heteroatoms. The molecule has 2 rings (SSSR count). The van der Waals surface area contributed by atoms with Crippen molar-refractivity contribution in [3.63, 3.8) is 0 Å². The van der Waals surface area contributed by atoms with E-state index in [9.17, 15) is 9.59 Å². The predicted molar refractivity (Wildman–Crippen MR) is 56.9 cm³/mol. The Morgan fingerprint density at radius 2 is 2.07 bits per heavy atom. The van der Waals surface area contributed by atoms with Crippen molar-refractivity contribution in [1.29, 1.82) is 0 Å². The first kappa shape index (κ1) is 10.1. The lowest BCUT2D eigenvalue weighted by Gasteiger charge is -2.16. The standard InChI is InChI=1S/C12H15NO2/c14-11-8-10(12(15)13-11)9-6-4-2-1-3-5-7-9/h2,4,8-9H,1,3,5-7H2,(H,13,14,15)/b4-2-. The van der Waals surface area contributed by atoms with Crippen LogP contribution in [-0.4, -0.2) is 11.8 Å². The number of amides is 2. The van der Waals surface area contributed by atoms with E-state index in [1.54, 1.807) is 0 Å². The van der Waals surface area contributed by atoms with Crippen molar-refractivity contribution in [2.45, 2.75) is 32.1 Å². The number of allylic oxidation sites excluding steroid dienone is 2. The van der Waals surface area contributed by atoms with Gasteiger partial charge in [-0.3, -0.25) is 14.9 Å². The van der Waals surface area contributed by atoms with Gasteiger partial charge in [0.1, 0.15) is 0 Å². The molecule has 0 saturated carbocycles. The lowest BCUT2D eigenvalue weighted by atomic mass is 9.88. The average molecular weight is 205 g/mol. The second-order valence-electron chi connectivity index (χ2n) is 4.11. The largest absolute Gasteiger partial charge is 0.289 e. The van der Waals surface area contributed by atoms with Crippen LogP contribution < -0.4 is 5.32 Å². The molecule has 0 fully saturated rings. The Hall–Kier alpha value is -1.38. The number of carbonyl (C=O) groups excluding carboxylic acids is 2. The Morgan fingerprint density at radius 1 is 1.20 bits per heavy atom. The van der Waals surface area contributed by atoms with E-state index in [0.717, 1.165) is 25.7 Å². The van der Waals surface area contributed by atoms with E-state index in [4.69, 9.17) is 0 Å². The van der Waals surface area contributed by atoms with E-state index in [2.05, 4.69) is 17.5 Å². The van der Waals surface area contributed by atoms with E-state index in [1.165, 1.54) is 12.5 Å². The van der Waals surface area contributed by atoms with Crippen molar-refractivity contribution < 1.29 is 9.59 Å². The molecule has 80 valence electrons. The highest BCUT2D eigenvalue weighted by Crippen LogP contribution is 2.26. The summed E-state index contributed by atoms with van der Waals surface area (Å²) in [6.45, 7) is 0. The van der Waals surface area contributed by atoms with Crippen LogP contribution in [0.1, 0.15) is 32.1 Å². The second kappa shape index (κ2) is 4.43. The Bertz CT molecular complexity index is 342. The zero-order valence-corrected chi connectivity index (χ0v) is 8.66. The number of nitrogens with one attached hydrogen (secondary N) is 1. The Balaban J connectivity index is 2.11. The first-order chi connectivity index (χ1) is 7.27. The fourth-order valence-electron chi connectivity index (χ4n) is 2.16. The van der Waals surface area contributed by atoms with Gasteiger partial charge in [0.15, 0.2) is 0 Å². The normalized spacial score (nSPS) is 29.1. The third-order valence-corrected chi connectivity index (χ3v) is 2.99. The van der Waals surface area contributed by atoms with Crippen LogP contribution >= 0.6 is 0 Å². The van der Waals surface area contributed by atoms with Crippen LogP contribution in [0.15, 0.2) is 23.8 Å². The summed E-state index contributed by atoms with van der Waals surface area (Å²) >= 11 is 0. The summed E-state index contributed by atoms with van der Waals surface area (Å²) in [7, 11) is 0. The molecule has 1 unspecified atom stereocenters. The molecule has 0 radical (unpaired) electrons. The summed E-state index contributed by atoms with van der Waals surface area (Å²) in [5.74, 6) is -0.229. The first-order valence-electron chi connectivity index (χ1n) is 5.49. The summed E-state index contributed by atoms with van der Waals surface area (Å²) in [6, 6.07) is 0. The van der Waals surface area contributed by atoms with Gasteiger partial charge in [-0.25, -0.2) is 0 Å². The third-order valence-electron chi connectivity index (χ3n) is 2.99. The molecule has 0 saturated heterocycles. The van der Waals surface area contributed by atoms with Gasteiger partial charge in [0.05, 0.1) is 0 Å². The third kappa shape index (κ3) is 2.35. The van der Waals surface area contributed by atoms with Gasteiger partial charge < -0.3 is 0 Å². The summed E-state index contributed by atoms with van der Waals surface area (Å²) in [4.78, 5) is 22.5. The predicted octanol–water partition coefficient (Wildman–Crippen LogP) is 1.71. The number of hydrogen-bond donors (Lipinski definition) is 1. The SMILES string of the molecule is O=C1C=C(C2C/C=C\CCCC2)C(=O)N1. The van der Waals surface area contributed by atoms with Gasteiger partial charge in [0, 0.05) is 11.6 Å². The van der Waals surface area contributed by atoms with Crippen molar-refractivity contribution in [3.8, 4) is 0 Å². The summed E-state index contributed by atoms with van der Waals surface area (Å²) in [5, 5.41) is 2.31. The summed E-state index contributed by atoms with van der Waals surface area (Å²) < 4.78 is 0. The highest BCUT2D eigenvalue weighted by Gasteiger charge is 2.27. The maximum Gasteiger partial charge on any atom is 0.254 e. The minimum atomic E-state index is -0.263. The highest BCUT2D eigenvalue weighted by molar-refractivity contribution is 6.16. The maximum absolute atomic E-state index is 11.5. The Morgan fingerprint density at radius 3 is 2.80 bits per heavy atom. The first-order valence-corrected chi connectivity index (χ1v) is 5.49. The van der Waals surface area contributed by atoms with Crippen LogP contribution in [0.25, 0.3) is 0 Å². The maximum atomic E-state index is 11.5. The van der Waals surface area contributed by atoms with Gasteiger partial charge in [-0.05, 0) is 31.6 Å². The smallest absolute Gasteiger partial charge is 0.254 e. The van der Waals surface area contributed by atoms with E-state index in [0.29, 0.717) is 5.57 Å². The van der Waals surface area contributed by atoms with Crippen LogP contribution in [0.3, 0.4) is 0 Å². The van der Waals surface area contributed by atoms with Gasteiger partial charge in [-0.15, -0.1) is 0 Å². The van der Waals surface area contributed by atoms with Crippen molar-refractivity contribution in [2.24, 2.45) is 5.92 Å². The monoisotopic (exact) mass is 205 g/mol. The molecule has 1 aliphatic heterocycles. The molecule has 1 heterocycles. The van der Waals surface area contributed by atoms with E-state index in [-0.39, 0.29) is 17.7 Å². The topological polar surface area (TPSA) is 46.2 Å². The quantitative estimate of drug-likeness (QED) is 0.523. The Labute approximate surface area is 89.2 Å². The fraction of sp³-hybridized carbons (Fsp3) is 0.500. The molecule has 0 aromatic carbocycles. The Kier molecular flexibility index (Phi) is 2.99. The molecule has 1 aliphatic carbocycles. The van der Waals surface area contributed by atoms with Gasteiger partial charge >= 0.3 is 0 Å². The molecule has 0 bridgehead atoms. The number of imide groups is 1. The molecule has 0 spiro atoms. The van der Waals surface area contributed by atoms with Crippen molar-refractivity contribution in [2.75, 3.05) is 0 Å². The molecular weight excluding hydrogens is 190 g/mol. The number of rotatable bonds is 1. The van der Waals surface area contributed by atoms with Crippen LogP contribution in [0.5, 0.6) is 0 Å². The summed E-state index contributed by atoms with van der Waals surface area (Å²) in [5.41, 5.74) is 0.673.